The van der Waals surface area contributed by atoms with E-state index in [1.807, 2.05) is 24.3 Å². The second kappa shape index (κ2) is 6.00. The number of hydrogen-bond acceptors (Lipinski definition) is 4. The van der Waals surface area contributed by atoms with Crippen LogP contribution in [0, 0.1) is 0 Å². The minimum Gasteiger partial charge on any atom is -0.375 e. The Kier molecular flexibility index (Phi) is 4.08. The quantitative estimate of drug-likeness (QED) is 0.772. The van der Waals surface area contributed by atoms with Crippen molar-refractivity contribution in [3.63, 3.8) is 0 Å². The van der Waals surface area contributed by atoms with E-state index in [1.54, 1.807) is 17.5 Å². The van der Waals surface area contributed by atoms with Crippen LogP contribution in [-0.2, 0) is 12.8 Å². The maximum atomic E-state index is 6.25. The molecule has 0 spiro atoms. The summed E-state index contributed by atoms with van der Waals surface area (Å²) in [5.74, 6) is 0. The highest BCUT2D eigenvalue weighted by atomic mass is 35.5. The molecule has 1 aromatic carbocycles. The van der Waals surface area contributed by atoms with Gasteiger partial charge in [0.1, 0.15) is 0 Å². The van der Waals surface area contributed by atoms with Gasteiger partial charge in [-0.05, 0) is 30.2 Å². The Morgan fingerprint density at radius 3 is 2.95 bits per heavy atom. The summed E-state index contributed by atoms with van der Waals surface area (Å²) in [6, 6.07) is 7.89. The van der Waals surface area contributed by atoms with Gasteiger partial charge >= 0.3 is 0 Å². The van der Waals surface area contributed by atoms with E-state index >= 15 is 0 Å². The van der Waals surface area contributed by atoms with Gasteiger partial charge in [0.2, 0.25) is 0 Å². The number of nitrogens with two attached hydrogens (primary N) is 1. The Bertz CT molecular complexity index is 782. The van der Waals surface area contributed by atoms with Crippen LogP contribution in [0.5, 0.6) is 0 Å². The molecule has 0 amide bonds. The minimum atomic E-state index is 0.639. The predicted octanol–water partition coefficient (Wildman–Crippen LogP) is 4.47. The average Bonchev–Trinajstić information content (AvgIpc) is 2.82. The summed E-state index contributed by atoms with van der Waals surface area (Å²) < 4.78 is 0. The number of benzene rings is 1. The van der Waals surface area contributed by atoms with E-state index in [2.05, 4.69) is 16.9 Å². The second-order valence-electron chi connectivity index (χ2n) is 4.95. The van der Waals surface area contributed by atoms with Crippen LogP contribution in [-0.4, -0.2) is 9.97 Å². The number of aryl methyl sites for hydroxylation is 1. The molecule has 0 atom stereocenters. The number of thiazole rings is 1. The van der Waals surface area contributed by atoms with Gasteiger partial charge < -0.3 is 5.73 Å². The molecule has 0 saturated heterocycles. The maximum absolute atomic E-state index is 6.25. The molecule has 21 heavy (non-hydrogen) atoms. The van der Waals surface area contributed by atoms with Crippen molar-refractivity contribution in [3.05, 3.63) is 51.6 Å². The van der Waals surface area contributed by atoms with Crippen LogP contribution in [0.1, 0.15) is 29.5 Å². The highest BCUT2D eigenvalue weighted by Gasteiger charge is 2.12. The molecule has 3 nitrogen and oxygen atoms in total. The van der Waals surface area contributed by atoms with Crippen molar-refractivity contribution in [2.24, 2.45) is 0 Å². The molecule has 0 aliphatic heterocycles. The normalized spacial score (nSPS) is 11.1. The fraction of sp³-hybridized carbons (Fsp3) is 0.250. The fourth-order valence-electron chi connectivity index (χ4n) is 2.49. The fourth-order valence-corrected chi connectivity index (χ4v) is 3.60. The van der Waals surface area contributed by atoms with E-state index in [9.17, 15) is 0 Å². The molecule has 5 heteroatoms. The van der Waals surface area contributed by atoms with Gasteiger partial charge in [0.15, 0.2) is 5.13 Å². The zero-order valence-corrected chi connectivity index (χ0v) is 13.3. The first-order valence-corrected chi connectivity index (χ1v) is 8.14. The molecule has 108 valence electrons. The molecule has 0 unspecified atom stereocenters. The lowest BCUT2D eigenvalue weighted by molar-refractivity contribution is 0.880. The SMILES string of the molecule is CCCc1nc(N)sc1Cc1ccc(Cl)c2cccnc12. The van der Waals surface area contributed by atoms with Gasteiger partial charge in [-0.25, -0.2) is 4.98 Å². The highest BCUT2D eigenvalue weighted by molar-refractivity contribution is 7.15. The average molecular weight is 318 g/mol. The standard InChI is InChI=1S/C16H16ClN3S/c1-2-4-13-14(21-16(18)20-13)9-10-6-7-12(17)11-5-3-8-19-15(10)11/h3,5-8H,2,4,9H2,1H3,(H2,18,20). The van der Waals surface area contributed by atoms with Gasteiger partial charge in [-0.2, -0.15) is 0 Å². The number of aromatic nitrogens is 2. The predicted molar refractivity (Wildman–Crippen MR) is 90.1 cm³/mol. The van der Waals surface area contributed by atoms with Crippen molar-refractivity contribution in [1.29, 1.82) is 0 Å². The Morgan fingerprint density at radius 1 is 1.29 bits per heavy atom. The van der Waals surface area contributed by atoms with Crippen LogP contribution < -0.4 is 5.73 Å². The molecule has 0 fully saturated rings. The molecule has 3 rings (SSSR count). The topological polar surface area (TPSA) is 51.8 Å². The van der Waals surface area contributed by atoms with Gasteiger partial charge in [0.25, 0.3) is 0 Å². The molecule has 2 N–H and O–H groups in total. The number of nitrogen functional groups attached to an aromatic ring is 1. The van der Waals surface area contributed by atoms with Gasteiger partial charge in [-0.15, -0.1) is 11.3 Å². The van der Waals surface area contributed by atoms with E-state index in [4.69, 9.17) is 17.3 Å². The number of halogens is 1. The summed E-state index contributed by atoms with van der Waals surface area (Å²) in [5, 5.41) is 2.37. The van der Waals surface area contributed by atoms with Gasteiger partial charge in [0, 0.05) is 27.9 Å². The molecule has 0 radical (unpaired) electrons. The first kappa shape index (κ1) is 14.3. The Labute approximate surface area is 132 Å². The molecule has 3 aromatic rings. The first-order chi connectivity index (χ1) is 10.2. The third-order valence-electron chi connectivity index (χ3n) is 3.43. The Balaban J connectivity index is 2.04. The lowest BCUT2D eigenvalue weighted by Gasteiger charge is -2.07. The van der Waals surface area contributed by atoms with Crippen LogP contribution in [0.3, 0.4) is 0 Å². The molecule has 0 bridgehead atoms. The van der Waals surface area contributed by atoms with Gasteiger partial charge in [-0.3, -0.25) is 4.98 Å². The molecular formula is C16H16ClN3S. The van der Waals surface area contributed by atoms with Crippen molar-refractivity contribution < 1.29 is 0 Å². The first-order valence-electron chi connectivity index (χ1n) is 6.95. The van der Waals surface area contributed by atoms with E-state index in [-0.39, 0.29) is 0 Å². The molecule has 2 aromatic heterocycles. The summed E-state index contributed by atoms with van der Waals surface area (Å²) in [4.78, 5) is 10.2. The monoisotopic (exact) mass is 317 g/mol. The molecular weight excluding hydrogens is 302 g/mol. The van der Waals surface area contributed by atoms with Crippen molar-refractivity contribution in [2.75, 3.05) is 5.73 Å². The summed E-state index contributed by atoms with van der Waals surface area (Å²) >= 11 is 7.82. The third-order valence-corrected chi connectivity index (χ3v) is 4.69. The number of hydrogen-bond donors (Lipinski definition) is 1. The van der Waals surface area contributed by atoms with Gasteiger partial charge in [0.05, 0.1) is 11.2 Å². The zero-order chi connectivity index (χ0) is 14.8. The molecule has 0 aliphatic carbocycles. The summed E-state index contributed by atoms with van der Waals surface area (Å²) in [5.41, 5.74) is 9.10. The highest BCUT2D eigenvalue weighted by Crippen LogP contribution is 2.30. The Hall–Kier alpha value is -1.65. The lowest BCUT2D eigenvalue weighted by atomic mass is 10.0. The largest absolute Gasteiger partial charge is 0.375 e. The summed E-state index contributed by atoms with van der Waals surface area (Å²) in [6.45, 7) is 2.15. The minimum absolute atomic E-state index is 0.639. The molecule has 0 saturated carbocycles. The van der Waals surface area contributed by atoms with Crippen LogP contribution in [0.15, 0.2) is 30.5 Å². The van der Waals surface area contributed by atoms with Crippen LogP contribution >= 0.6 is 22.9 Å². The van der Waals surface area contributed by atoms with E-state index < -0.39 is 0 Å². The van der Waals surface area contributed by atoms with Crippen molar-refractivity contribution in [3.8, 4) is 0 Å². The molecule has 2 heterocycles. The number of nitrogens with zero attached hydrogens (tertiary/aromatic N) is 2. The number of rotatable bonds is 4. The van der Waals surface area contributed by atoms with E-state index in [0.717, 1.165) is 46.4 Å². The van der Waals surface area contributed by atoms with Crippen LogP contribution in [0.2, 0.25) is 5.02 Å². The smallest absolute Gasteiger partial charge is 0.180 e. The van der Waals surface area contributed by atoms with E-state index in [1.165, 1.54) is 4.88 Å². The van der Waals surface area contributed by atoms with Crippen LogP contribution in [0.4, 0.5) is 5.13 Å². The summed E-state index contributed by atoms with van der Waals surface area (Å²) in [7, 11) is 0. The maximum Gasteiger partial charge on any atom is 0.180 e. The van der Waals surface area contributed by atoms with Crippen molar-refractivity contribution >= 4 is 39.0 Å². The lowest BCUT2D eigenvalue weighted by Crippen LogP contribution is -1.95. The number of pyridine rings is 1. The zero-order valence-electron chi connectivity index (χ0n) is 11.8. The van der Waals surface area contributed by atoms with Gasteiger partial charge in [-0.1, -0.05) is 31.0 Å². The second-order valence-corrected chi connectivity index (χ2v) is 6.48. The Morgan fingerprint density at radius 2 is 2.14 bits per heavy atom. The van der Waals surface area contributed by atoms with Crippen LogP contribution in [0.25, 0.3) is 10.9 Å². The van der Waals surface area contributed by atoms with Crippen molar-refractivity contribution in [2.45, 2.75) is 26.2 Å². The molecule has 0 aliphatic rings. The van der Waals surface area contributed by atoms with Crippen molar-refractivity contribution in [1.82, 2.24) is 9.97 Å². The number of anilines is 1. The third kappa shape index (κ3) is 2.87. The van der Waals surface area contributed by atoms with E-state index in [0.29, 0.717) is 5.13 Å². The number of fused-ring (bicyclic) bond motifs is 1. The summed E-state index contributed by atoms with van der Waals surface area (Å²) in [6.07, 6.45) is 4.63.